The third-order valence-electron chi connectivity index (χ3n) is 1.52. The third kappa shape index (κ3) is 1.83. The molecule has 0 fully saturated rings. The van der Waals surface area contributed by atoms with E-state index in [-0.39, 0.29) is 0 Å². The van der Waals surface area contributed by atoms with Crippen molar-refractivity contribution in [1.82, 2.24) is 19.7 Å². The monoisotopic (exact) mass is 195 g/mol. The summed E-state index contributed by atoms with van der Waals surface area (Å²) in [6.07, 6.45) is 1.60. The van der Waals surface area contributed by atoms with Gasteiger partial charge in [0.05, 0.1) is 6.54 Å². The summed E-state index contributed by atoms with van der Waals surface area (Å²) in [5.74, 6) is 0.299. The molecule has 6 heteroatoms. The molecule has 2 rings (SSSR count). The second-order valence-electron chi connectivity index (χ2n) is 2.68. The number of nitrogen functional groups attached to an aromatic ring is 1. The highest BCUT2D eigenvalue weighted by molar-refractivity contribution is 7.09. The molecule has 2 heterocycles. The first-order valence-corrected chi connectivity index (χ1v) is 4.68. The van der Waals surface area contributed by atoms with Gasteiger partial charge in [0.15, 0.2) is 0 Å². The molecule has 0 aliphatic carbocycles. The lowest BCUT2D eigenvalue weighted by Crippen LogP contribution is -2.00. The van der Waals surface area contributed by atoms with Gasteiger partial charge in [0, 0.05) is 11.1 Å². The Morgan fingerprint density at radius 2 is 2.46 bits per heavy atom. The molecule has 0 bridgehead atoms. The highest BCUT2D eigenvalue weighted by Gasteiger charge is 2.01. The van der Waals surface area contributed by atoms with E-state index >= 15 is 0 Å². The van der Waals surface area contributed by atoms with Crippen molar-refractivity contribution in [3.8, 4) is 0 Å². The van der Waals surface area contributed by atoms with Gasteiger partial charge in [0.1, 0.15) is 11.3 Å². The Bertz CT molecular complexity index is 366. The molecule has 0 aliphatic heterocycles. The number of hydrogen-bond donors (Lipinski definition) is 1. The Morgan fingerprint density at radius 1 is 1.62 bits per heavy atom. The van der Waals surface area contributed by atoms with Crippen LogP contribution in [0.3, 0.4) is 0 Å². The zero-order valence-corrected chi connectivity index (χ0v) is 7.95. The predicted molar refractivity (Wildman–Crippen MR) is 50.4 cm³/mol. The van der Waals surface area contributed by atoms with Crippen LogP contribution in [0.15, 0.2) is 11.7 Å². The van der Waals surface area contributed by atoms with Gasteiger partial charge in [0.2, 0.25) is 5.95 Å². The molecule has 5 nitrogen and oxygen atoms in total. The fourth-order valence-electron chi connectivity index (χ4n) is 0.999. The summed E-state index contributed by atoms with van der Waals surface area (Å²) < 4.78 is 1.67. The number of rotatable bonds is 2. The van der Waals surface area contributed by atoms with Crippen LogP contribution in [0.1, 0.15) is 10.7 Å². The Balaban J connectivity index is 2.14. The van der Waals surface area contributed by atoms with E-state index in [9.17, 15) is 0 Å². The van der Waals surface area contributed by atoms with Crippen molar-refractivity contribution in [3.63, 3.8) is 0 Å². The fraction of sp³-hybridized carbons (Fsp3) is 0.286. The molecule has 0 unspecified atom stereocenters. The molecule has 0 amide bonds. The number of anilines is 1. The van der Waals surface area contributed by atoms with Crippen LogP contribution in [-0.4, -0.2) is 19.7 Å². The van der Waals surface area contributed by atoms with Gasteiger partial charge >= 0.3 is 0 Å². The van der Waals surface area contributed by atoms with Crippen molar-refractivity contribution in [2.24, 2.45) is 0 Å². The number of thiazole rings is 1. The highest BCUT2D eigenvalue weighted by Crippen LogP contribution is 2.09. The third-order valence-corrected chi connectivity index (χ3v) is 2.47. The Hall–Kier alpha value is -1.43. The van der Waals surface area contributed by atoms with Crippen molar-refractivity contribution < 1.29 is 0 Å². The molecule has 0 spiro atoms. The lowest BCUT2D eigenvalue weighted by Gasteiger charge is -1.93. The fourth-order valence-corrected chi connectivity index (χ4v) is 1.76. The van der Waals surface area contributed by atoms with E-state index in [1.165, 1.54) is 0 Å². The van der Waals surface area contributed by atoms with Gasteiger partial charge in [-0.2, -0.15) is 0 Å². The van der Waals surface area contributed by atoms with Crippen LogP contribution < -0.4 is 5.73 Å². The lowest BCUT2D eigenvalue weighted by molar-refractivity contribution is 0.683. The Kier molecular flexibility index (Phi) is 1.97. The van der Waals surface area contributed by atoms with Gasteiger partial charge in [-0.3, -0.25) is 0 Å². The van der Waals surface area contributed by atoms with Crippen LogP contribution in [0.25, 0.3) is 0 Å². The minimum atomic E-state index is 0.299. The molecule has 2 aromatic rings. The average Bonchev–Trinajstić information content (AvgIpc) is 2.62. The second-order valence-corrected chi connectivity index (χ2v) is 3.63. The van der Waals surface area contributed by atoms with Gasteiger partial charge in [0.25, 0.3) is 0 Å². The van der Waals surface area contributed by atoms with Crippen molar-refractivity contribution >= 4 is 17.3 Å². The number of nitrogens with zero attached hydrogens (tertiary/aromatic N) is 4. The molecule has 0 saturated carbocycles. The van der Waals surface area contributed by atoms with Gasteiger partial charge in [-0.05, 0) is 6.92 Å². The van der Waals surface area contributed by atoms with Crippen LogP contribution in [-0.2, 0) is 6.54 Å². The Labute approximate surface area is 79.2 Å². The summed E-state index contributed by atoms with van der Waals surface area (Å²) in [6.45, 7) is 2.61. The topological polar surface area (TPSA) is 69.6 Å². The number of nitrogens with two attached hydrogens (primary N) is 1. The molecular formula is C7H9N5S. The second kappa shape index (κ2) is 3.14. The molecule has 2 N–H and O–H groups in total. The first-order chi connectivity index (χ1) is 6.24. The average molecular weight is 195 g/mol. The maximum Gasteiger partial charge on any atom is 0.239 e. The van der Waals surface area contributed by atoms with Crippen molar-refractivity contribution in [2.45, 2.75) is 13.5 Å². The smallest absolute Gasteiger partial charge is 0.239 e. The van der Waals surface area contributed by atoms with Crippen molar-refractivity contribution in [3.05, 3.63) is 22.4 Å². The van der Waals surface area contributed by atoms with E-state index in [0.29, 0.717) is 12.5 Å². The number of aromatic nitrogens is 4. The molecule has 0 saturated heterocycles. The number of hydrogen-bond acceptors (Lipinski definition) is 5. The molecule has 0 atom stereocenters. The normalized spacial score (nSPS) is 10.5. The van der Waals surface area contributed by atoms with Crippen LogP contribution in [0.4, 0.5) is 5.95 Å². The van der Waals surface area contributed by atoms with Crippen LogP contribution in [0, 0.1) is 6.92 Å². The summed E-state index contributed by atoms with van der Waals surface area (Å²) in [5, 5.41) is 6.99. The van der Waals surface area contributed by atoms with E-state index in [4.69, 9.17) is 5.73 Å². The largest absolute Gasteiger partial charge is 0.367 e. The van der Waals surface area contributed by atoms with Gasteiger partial charge in [-0.1, -0.05) is 0 Å². The molecule has 2 aromatic heterocycles. The van der Waals surface area contributed by atoms with Crippen molar-refractivity contribution in [1.29, 1.82) is 0 Å². The maximum absolute atomic E-state index is 5.38. The molecule has 13 heavy (non-hydrogen) atoms. The quantitative estimate of drug-likeness (QED) is 0.764. The van der Waals surface area contributed by atoms with E-state index in [0.717, 1.165) is 10.7 Å². The van der Waals surface area contributed by atoms with Gasteiger partial charge in [-0.15, -0.1) is 16.4 Å². The predicted octanol–water partition coefficient (Wildman–Crippen LogP) is 0.674. The summed E-state index contributed by atoms with van der Waals surface area (Å²) >= 11 is 1.61. The summed E-state index contributed by atoms with van der Waals surface area (Å²) in [4.78, 5) is 8.13. The Morgan fingerprint density at radius 3 is 3.00 bits per heavy atom. The van der Waals surface area contributed by atoms with Crippen LogP contribution >= 0.6 is 11.3 Å². The summed E-state index contributed by atoms with van der Waals surface area (Å²) in [6, 6.07) is 0. The SMILES string of the molecule is Cc1csc(Cn2cnc(N)n2)n1. The molecular weight excluding hydrogens is 186 g/mol. The first kappa shape index (κ1) is 8.18. The molecule has 68 valence electrons. The minimum absolute atomic E-state index is 0.299. The highest BCUT2D eigenvalue weighted by atomic mass is 32.1. The lowest BCUT2D eigenvalue weighted by atomic mass is 10.6. The van der Waals surface area contributed by atoms with Gasteiger partial charge in [-0.25, -0.2) is 14.6 Å². The molecule has 0 radical (unpaired) electrons. The molecule has 0 aliphatic rings. The zero-order chi connectivity index (χ0) is 9.26. The van der Waals surface area contributed by atoms with Crippen molar-refractivity contribution in [2.75, 3.05) is 5.73 Å². The first-order valence-electron chi connectivity index (χ1n) is 3.80. The minimum Gasteiger partial charge on any atom is -0.367 e. The zero-order valence-electron chi connectivity index (χ0n) is 7.14. The standard InChI is InChI=1S/C7H9N5S/c1-5-3-13-6(10-5)2-12-4-9-7(8)11-12/h3-4H,2H2,1H3,(H2,8,11). The van der Waals surface area contributed by atoms with Crippen LogP contribution in [0.5, 0.6) is 0 Å². The van der Waals surface area contributed by atoms with Gasteiger partial charge < -0.3 is 5.73 Å². The summed E-state index contributed by atoms with van der Waals surface area (Å²) in [7, 11) is 0. The maximum atomic E-state index is 5.38. The van der Waals surface area contributed by atoms with E-state index in [1.54, 1.807) is 22.3 Å². The van der Waals surface area contributed by atoms with E-state index in [2.05, 4.69) is 15.1 Å². The van der Waals surface area contributed by atoms with E-state index in [1.807, 2.05) is 12.3 Å². The molecule has 0 aromatic carbocycles. The van der Waals surface area contributed by atoms with E-state index < -0.39 is 0 Å². The van der Waals surface area contributed by atoms with Crippen LogP contribution in [0.2, 0.25) is 0 Å². The summed E-state index contributed by atoms with van der Waals surface area (Å²) in [5.41, 5.74) is 6.41. The number of aryl methyl sites for hydroxylation is 1.